The zero-order valence-corrected chi connectivity index (χ0v) is 16.3. The van der Waals surface area contributed by atoms with Gasteiger partial charge in [0.15, 0.2) is 23.3 Å². The van der Waals surface area contributed by atoms with E-state index in [9.17, 15) is 22.7 Å². The Morgan fingerprint density at radius 2 is 1.41 bits per heavy atom. The standard InChI is InChI=1S/C20H30F4O3/c1-4-7-8-9-10-11-12-15(20(25,26-5-2)27-6-3)14-13-16(21)18(23)19(24)17(14)22/h13,15,25H,4-12H2,1-3H3. The first-order chi connectivity index (χ1) is 12.8. The summed E-state index contributed by atoms with van der Waals surface area (Å²) in [5, 5.41) is 10.8. The van der Waals surface area contributed by atoms with Gasteiger partial charge in [0.25, 0.3) is 5.97 Å². The van der Waals surface area contributed by atoms with Crippen LogP contribution in [0.2, 0.25) is 0 Å². The minimum absolute atomic E-state index is 0.0390. The van der Waals surface area contributed by atoms with E-state index < -0.39 is 40.7 Å². The SMILES string of the molecule is CCCCCCCCC(c1cc(F)c(F)c(F)c1F)C(O)(OCC)OCC. The van der Waals surface area contributed by atoms with Crippen molar-refractivity contribution < 1.29 is 32.1 Å². The van der Waals surface area contributed by atoms with Crippen molar-refractivity contribution in [2.45, 2.75) is 77.6 Å². The number of benzene rings is 1. The summed E-state index contributed by atoms with van der Waals surface area (Å²) in [5.41, 5.74) is -0.496. The third-order valence-corrected chi connectivity index (χ3v) is 4.50. The van der Waals surface area contributed by atoms with E-state index in [0.29, 0.717) is 12.5 Å². The first-order valence-corrected chi connectivity index (χ1v) is 9.65. The van der Waals surface area contributed by atoms with Gasteiger partial charge < -0.3 is 14.6 Å². The van der Waals surface area contributed by atoms with Crippen molar-refractivity contribution in [3.05, 3.63) is 34.9 Å². The molecule has 0 aliphatic rings. The second kappa shape index (κ2) is 11.6. The molecule has 0 saturated heterocycles. The fraction of sp³-hybridized carbons (Fsp3) is 0.700. The molecule has 1 rings (SSSR count). The highest BCUT2D eigenvalue weighted by Crippen LogP contribution is 2.38. The lowest BCUT2D eigenvalue weighted by Gasteiger charge is -2.35. The number of hydrogen-bond acceptors (Lipinski definition) is 3. The van der Waals surface area contributed by atoms with Gasteiger partial charge >= 0.3 is 0 Å². The summed E-state index contributed by atoms with van der Waals surface area (Å²) in [6, 6.07) is 0.568. The van der Waals surface area contributed by atoms with Gasteiger partial charge in [0.05, 0.1) is 5.92 Å². The lowest BCUT2D eigenvalue weighted by Crippen LogP contribution is -2.43. The van der Waals surface area contributed by atoms with Crippen molar-refractivity contribution in [2.75, 3.05) is 13.2 Å². The van der Waals surface area contributed by atoms with E-state index in [2.05, 4.69) is 6.92 Å². The molecule has 0 aromatic heterocycles. The van der Waals surface area contributed by atoms with E-state index >= 15 is 0 Å². The largest absolute Gasteiger partial charge is 0.343 e. The Morgan fingerprint density at radius 1 is 0.852 bits per heavy atom. The quantitative estimate of drug-likeness (QED) is 0.151. The van der Waals surface area contributed by atoms with Crippen LogP contribution < -0.4 is 0 Å². The lowest BCUT2D eigenvalue weighted by molar-refractivity contribution is -0.370. The van der Waals surface area contributed by atoms with Crippen LogP contribution in [0.1, 0.15) is 77.2 Å². The third-order valence-electron chi connectivity index (χ3n) is 4.50. The molecule has 0 saturated carbocycles. The van der Waals surface area contributed by atoms with Gasteiger partial charge in [0, 0.05) is 18.8 Å². The average molecular weight is 394 g/mol. The van der Waals surface area contributed by atoms with E-state index in [1.165, 1.54) is 0 Å². The van der Waals surface area contributed by atoms with Crippen molar-refractivity contribution in [3.63, 3.8) is 0 Å². The number of aliphatic hydroxyl groups is 1. The Morgan fingerprint density at radius 3 is 1.96 bits per heavy atom. The van der Waals surface area contributed by atoms with Gasteiger partial charge in [-0.3, -0.25) is 0 Å². The second-order valence-electron chi connectivity index (χ2n) is 6.50. The molecule has 7 heteroatoms. The maximum atomic E-state index is 14.4. The third kappa shape index (κ3) is 6.43. The molecule has 0 heterocycles. The lowest BCUT2D eigenvalue weighted by atomic mass is 9.89. The zero-order chi connectivity index (χ0) is 20.4. The van der Waals surface area contributed by atoms with Crippen LogP contribution in [0, 0.1) is 23.3 Å². The van der Waals surface area contributed by atoms with Gasteiger partial charge in [-0.05, 0) is 26.3 Å². The van der Waals surface area contributed by atoms with Crippen molar-refractivity contribution in [1.29, 1.82) is 0 Å². The summed E-state index contributed by atoms with van der Waals surface area (Å²) in [5.74, 6) is -10.3. The Bertz CT molecular complexity index is 575. The van der Waals surface area contributed by atoms with Gasteiger partial charge in [-0.15, -0.1) is 0 Å². The number of rotatable bonds is 13. The van der Waals surface area contributed by atoms with Crippen molar-refractivity contribution in [3.8, 4) is 0 Å². The summed E-state index contributed by atoms with van der Waals surface area (Å²) < 4.78 is 65.7. The molecule has 0 fully saturated rings. The average Bonchev–Trinajstić information content (AvgIpc) is 2.63. The number of halogens is 4. The van der Waals surface area contributed by atoms with Gasteiger partial charge in [0.2, 0.25) is 0 Å². The van der Waals surface area contributed by atoms with E-state index in [0.717, 1.165) is 32.1 Å². The molecule has 3 nitrogen and oxygen atoms in total. The van der Waals surface area contributed by atoms with Crippen molar-refractivity contribution in [1.82, 2.24) is 0 Å². The van der Waals surface area contributed by atoms with Crippen LogP contribution in [0.4, 0.5) is 17.6 Å². The van der Waals surface area contributed by atoms with E-state index in [1.54, 1.807) is 13.8 Å². The zero-order valence-electron chi connectivity index (χ0n) is 16.3. The summed E-state index contributed by atoms with van der Waals surface area (Å²) in [6.07, 6.45) is 5.75. The smallest absolute Gasteiger partial charge is 0.287 e. The molecule has 1 N–H and O–H groups in total. The van der Waals surface area contributed by atoms with E-state index in [1.807, 2.05) is 0 Å². The minimum Gasteiger partial charge on any atom is -0.343 e. The van der Waals surface area contributed by atoms with Gasteiger partial charge in [-0.1, -0.05) is 45.4 Å². The maximum Gasteiger partial charge on any atom is 0.287 e. The van der Waals surface area contributed by atoms with Crippen LogP contribution in [-0.4, -0.2) is 24.3 Å². The Kier molecular flexibility index (Phi) is 10.3. The summed E-state index contributed by atoms with van der Waals surface area (Å²) in [7, 11) is 0. The predicted molar refractivity (Wildman–Crippen MR) is 95.2 cm³/mol. The van der Waals surface area contributed by atoms with Crippen LogP contribution in [0.15, 0.2) is 6.07 Å². The molecule has 0 radical (unpaired) electrons. The normalized spacial score (nSPS) is 13.2. The molecule has 1 aromatic rings. The molecule has 1 atom stereocenters. The molecule has 156 valence electrons. The van der Waals surface area contributed by atoms with Crippen LogP contribution in [0.5, 0.6) is 0 Å². The predicted octanol–water partition coefficient (Wildman–Crippen LogP) is 5.80. The number of ether oxygens (including phenoxy) is 2. The fourth-order valence-electron chi connectivity index (χ4n) is 3.16. The van der Waals surface area contributed by atoms with Crippen molar-refractivity contribution >= 4 is 0 Å². The topological polar surface area (TPSA) is 38.7 Å². The molecule has 1 aromatic carbocycles. The monoisotopic (exact) mass is 394 g/mol. The molecular formula is C20H30F4O3. The summed E-state index contributed by atoms with van der Waals surface area (Å²) in [6.45, 7) is 5.39. The van der Waals surface area contributed by atoms with Crippen molar-refractivity contribution in [2.24, 2.45) is 0 Å². The fourth-order valence-corrected chi connectivity index (χ4v) is 3.16. The van der Waals surface area contributed by atoms with Gasteiger partial charge in [-0.25, -0.2) is 17.6 Å². The van der Waals surface area contributed by atoms with Crippen LogP contribution in [0.25, 0.3) is 0 Å². The first-order valence-electron chi connectivity index (χ1n) is 9.65. The molecule has 0 aliphatic carbocycles. The molecule has 27 heavy (non-hydrogen) atoms. The highest BCUT2D eigenvalue weighted by atomic mass is 19.2. The maximum absolute atomic E-state index is 14.4. The summed E-state index contributed by atoms with van der Waals surface area (Å²) >= 11 is 0. The molecule has 0 amide bonds. The van der Waals surface area contributed by atoms with Crippen LogP contribution in [-0.2, 0) is 9.47 Å². The van der Waals surface area contributed by atoms with E-state index in [-0.39, 0.29) is 19.6 Å². The molecular weight excluding hydrogens is 364 g/mol. The molecule has 0 aliphatic heterocycles. The first kappa shape index (κ1) is 23.9. The highest BCUT2D eigenvalue weighted by Gasteiger charge is 2.42. The summed E-state index contributed by atoms with van der Waals surface area (Å²) in [4.78, 5) is 0. The molecule has 0 spiro atoms. The van der Waals surface area contributed by atoms with Gasteiger partial charge in [0.1, 0.15) is 0 Å². The minimum atomic E-state index is -2.26. The number of unbranched alkanes of at least 4 members (excludes halogenated alkanes) is 5. The van der Waals surface area contributed by atoms with Gasteiger partial charge in [-0.2, -0.15) is 0 Å². The van der Waals surface area contributed by atoms with Crippen LogP contribution >= 0.6 is 0 Å². The second-order valence-corrected chi connectivity index (χ2v) is 6.50. The van der Waals surface area contributed by atoms with E-state index in [4.69, 9.17) is 9.47 Å². The van der Waals surface area contributed by atoms with Crippen LogP contribution in [0.3, 0.4) is 0 Å². The number of hydrogen-bond donors (Lipinski definition) is 1. The Balaban J connectivity index is 3.14. The highest BCUT2D eigenvalue weighted by molar-refractivity contribution is 5.26. The Labute approximate surface area is 158 Å². The Hall–Kier alpha value is -1.18. The molecule has 1 unspecified atom stereocenters. The molecule has 0 bridgehead atoms.